The van der Waals surface area contributed by atoms with Gasteiger partial charge in [0.25, 0.3) is 5.91 Å². The number of hydrogen-bond donors (Lipinski definition) is 1. The third-order valence-corrected chi connectivity index (χ3v) is 6.35. The molecule has 0 saturated heterocycles. The van der Waals surface area contributed by atoms with E-state index >= 15 is 0 Å². The van der Waals surface area contributed by atoms with E-state index in [0.717, 1.165) is 11.3 Å². The smallest absolute Gasteiger partial charge is 0.283 e. The van der Waals surface area contributed by atoms with Gasteiger partial charge in [-0.25, -0.2) is 4.39 Å². The van der Waals surface area contributed by atoms with Gasteiger partial charge in [-0.3, -0.25) is 15.1 Å². The molecule has 2 aliphatic heterocycles. The van der Waals surface area contributed by atoms with Crippen LogP contribution in [0, 0.1) is 11.2 Å². The number of amides is 1. The average Bonchev–Trinajstić information content (AvgIpc) is 3.31. The molecular formula is C27H20FN3O3S. The van der Waals surface area contributed by atoms with Crippen LogP contribution in [0.15, 0.2) is 88.8 Å². The Morgan fingerprint density at radius 1 is 1.06 bits per heavy atom. The molecule has 0 atom stereocenters. The maximum atomic E-state index is 13.9. The molecule has 6 nitrogen and oxygen atoms in total. The van der Waals surface area contributed by atoms with Crippen molar-refractivity contribution in [1.29, 1.82) is 5.41 Å². The van der Waals surface area contributed by atoms with Gasteiger partial charge in [0.2, 0.25) is 0 Å². The van der Waals surface area contributed by atoms with Crippen molar-refractivity contribution in [2.45, 2.75) is 6.61 Å². The zero-order chi connectivity index (χ0) is 24.4. The van der Waals surface area contributed by atoms with Crippen LogP contribution in [-0.4, -0.2) is 28.9 Å². The summed E-state index contributed by atoms with van der Waals surface area (Å²) in [5, 5.41) is 11.1. The first-order valence-corrected chi connectivity index (χ1v) is 11.6. The molecule has 1 amide bonds. The van der Waals surface area contributed by atoms with Crippen molar-refractivity contribution in [3.05, 3.63) is 106 Å². The fourth-order valence-corrected chi connectivity index (χ4v) is 4.63. The molecule has 5 rings (SSSR count). The number of ether oxygens (including phenoxy) is 2. The van der Waals surface area contributed by atoms with Crippen LogP contribution < -0.4 is 9.47 Å². The minimum Gasteiger partial charge on any atom is -0.493 e. The molecule has 0 aliphatic carbocycles. The lowest BCUT2D eigenvalue weighted by molar-refractivity contribution is -0.114. The molecule has 0 spiro atoms. The second kappa shape index (κ2) is 9.60. The summed E-state index contributed by atoms with van der Waals surface area (Å²) in [7, 11) is 1.50. The topological polar surface area (TPSA) is 75.0 Å². The molecule has 2 aliphatic rings. The van der Waals surface area contributed by atoms with Crippen molar-refractivity contribution in [3.8, 4) is 11.5 Å². The van der Waals surface area contributed by atoms with Gasteiger partial charge >= 0.3 is 0 Å². The number of nitrogens with one attached hydrogen (secondary N) is 1. The number of rotatable bonds is 6. The van der Waals surface area contributed by atoms with E-state index in [2.05, 4.69) is 4.99 Å². The number of aliphatic imine (C=N–C) groups is 1. The highest BCUT2D eigenvalue weighted by Crippen LogP contribution is 2.37. The van der Waals surface area contributed by atoms with Crippen LogP contribution in [0.1, 0.15) is 16.7 Å². The number of hydrogen-bond acceptors (Lipinski definition) is 5. The largest absolute Gasteiger partial charge is 0.493 e. The zero-order valence-corrected chi connectivity index (χ0v) is 19.5. The molecule has 174 valence electrons. The van der Waals surface area contributed by atoms with Crippen LogP contribution in [0.2, 0.25) is 0 Å². The first kappa shape index (κ1) is 22.6. The van der Waals surface area contributed by atoms with E-state index in [4.69, 9.17) is 14.9 Å². The Morgan fingerprint density at radius 3 is 2.60 bits per heavy atom. The zero-order valence-electron chi connectivity index (χ0n) is 18.7. The number of thioether (sulfide) groups is 1. The van der Waals surface area contributed by atoms with Crippen LogP contribution in [-0.2, 0) is 11.4 Å². The predicted molar refractivity (Wildman–Crippen MR) is 136 cm³/mol. The Balaban J connectivity index is 1.41. The molecule has 1 N–H and O–H groups in total. The van der Waals surface area contributed by atoms with Crippen molar-refractivity contribution in [2.75, 3.05) is 7.11 Å². The van der Waals surface area contributed by atoms with E-state index in [1.54, 1.807) is 47.4 Å². The van der Waals surface area contributed by atoms with E-state index in [0.29, 0.717) is 27.8 Å². The quantitative estimate of drug-likeness (QED) is 0.452. The van der Waals surface area contributed by atoms with Crippen LogP contribution in [0.3, 0.4) is 0 Å². The number of halogens is 1. The highest BCUT2D eigenvalue weighted by molar-refractivity contribution is 8.17. The third kappa shape index (κ3) is 4.48. The summed E-state index contributed by atoms with van der Waals surface area (Å²) in [6.07, 6.45) is 1.61. The predicted octanol–water partition coefficient (Wildman–Crippen LogP) is 5.72. The normalized spacial score (nSPS) is 16.2. The van der Waals surface area contributed by atoms with E-state index in [9.17, 15) is 9.18 Å². The van der Waals surface area contributed by atoms with Gasteiger partial charge in [-0.15, -0.1) is 0 Å². The number of amidine groups is 2. The summed E-state index contributed by atoms with van der Waals surface area (Å²) in [5.41, 5.74) is 2.97. The SMILES string of the molecule is COc1cc(C=C2C(=N)N3C(c4ccccc4)=CSC3=NC2=O)ccc1OCc1ccccc1F. The van der Waals surface area contributed by atoms with Crippen LogP contribution in [0.4, 0.5) is 4.39 Å². The highest BCUT2D eigenvalue weighted by atomic mass is 32.2. The van der Waals surface area contributed by atoms with Crippen LogP contribution in [0.25, 0.3) is 11.8 Å². The summed E-state index contributed by atoms with van der Waals surface area (Å²) in [4.78, 5) is 18.6. The number of benzene rings is 3. The molecule has 8 heteroatoms. The fourth-order valence-electron chi connectivity index (χ4n) is 3.75. The van der Waals surface area contributed by atoms with E-state index in [1.807, 2.05) is 35.7 Å². The molecule has 35 heavy (non-hydrogen) atoms. The molecule has 0 radical (unpaired) electrons. The number of methoxy groups -OCH3 is 1. The summed E-state index contributed by atoms with van der Waals surface area (Å²) < 4.78 is 25.1. The Hall–Kier alpha value is -4.17. The summed E-state index contributed by atoms with van der Waals surface area (Å²) in [5.74, 6) is 0.102. The van der Waals surface area contributed by atoms with Gasteiger partial charge in [-0.2, -0.15) is 4.99 Å². The minimum absolute atomic E-state index is 0.0469. The van der Waals surface area contributed by atoms with Crippen LogP contribution in [0.5, 0.6) is 11.5 Å². The first-order valence-electron chi connectivity index (χ1n) is 10.8. The molecule has 3 aromatic carbocycles. The second-order valence-electron chi connectivity index (χ2n) is 7.72. The third-order valence-electron chi connectivity index (χ3n) is 5.52. The molecule has 2 heterocycles. The van der Waals surface area contributed by atoms with Gasteiger partial charge in [0, 0.05) is 11.0 Å². The molecular weight excluding hydrogens is 465 g/mol. The minimum atomic E-state index is -0.477. The van der Waals surface area contributed by atoms with Gasteiger partial charge in [0.15, 0.2) is 16.7 Å². The summed E-state index contributed by atoms with van der Waals surface area (Å²) in [6, 6.07) is 21.2. The van der Waals surface area contributed by atoms with Gasteiger partial charge in [0.05, 0.1) is 18.4 Å². The lowest BCUT2D eigenvalue weighted by Crippen LogP contribution is -2.38. The Kier molecular flexibility index (Phi) is 6.20. The molecule has 3 aromatic rings. The Bertz CT molecular complexity index is 1420. The molecule has 0 bridgehead atoms. The fraction of sp³-hybridized carbons (Fsp3) is 0.0741. The highest BCUT2D eigenvalue weighted by Gasteiger charge is 2.36. The van der Waals surface area contributed by atoms with E-state index < -0.39 is 5.91 Å². The van der Waals surface area contributed by atoms with Gasteiger partial charge in [0.1, 0.15) is 18.3 Å². The average molecular weight is 486 g/mol. The van der Waals surface area contributed by atoms with Crippen molar-refractivity contribution < 1.29 is 18.7 Å². The van der Waals surface area contributed by atoms with E-state index in [1.165, 1.54) is 24.9 Å². The number of fused-ring (bicyclic) bond motifs is 1. The molecule has 0 unspecified atom stereocenters. The van der Waals surface area contributed by atoms with Gasteiger partial charge in [-0.05, 0) is 35.4 Å². The lowest BCUT2D eigenvalue weighted by atomic mass is 10.1. The number of nitrogens with zero attached hydrogens (tertiary/aromatic N) is 2. The molecule has 0 fully saturated rings. The van der Waals surface area contributed by atoms with Crippen molar-refractivity contribution in [2.24, 2.45) is 4.99 Å². The maximum Gasteiger partial charge on any atom is 0.283 e. The second-order valence-corrected chi connectivity index (χ2v) is 8.56. The summed E-state index contributed by atoms with van der Waals surface area (Å²) in [6.45, 7) is 0.0469. The number of carbonyl (C=O) groups is 1. The van der Waals surface area contributed by atoms with Crippen molar-refractivity contribution >= 4 is 40.4 Å². The molecule has 0 saturated carbocycles. The maximum absolute atomic E-state index is 13.9. The lowest BCUT2D eigenvalue weighted by Gasteiger charge is -2.27. The Labute approximate surface area is 205 Å². The first-order chi connectivity index (χ1) is 17.0. The monoisotopic (exact) mass is 485 g/mol. The molecule has 0 aromatic heterocycles. The van der Waals surface area contributed by atoms with Gasteiger partial charge in [-0.1, -0.05) is 66.4 Å². The van der Waals surface area contributed by atoms with E-state index in [-0.39, 0.29) is 23.8 Å². The standard InChI is InChI=1S/C27H20FN3O3S/c1-33-24-14-17(11-12-23(24)34-15-19-9-5-6-10-21(19)28)13-20-25(29)31-22(18-7-3-2-4-8-18)16-35-27(31)30-26(20)32/h2-14,16,29H,15H2,1H3. The summed E-state index contributed by atoms with van der Waals surface area (Å²) >= 11 is 1.32. The Morgan fingerprint density at radius 2 is 1.83 bits per heavy atom. The van der Waals surface area contributed by atoms with Crippen molar-refractivity contribution in [3.63, 3.8) is 0 Å². The van der Waals surface area contributed by atoms with Crippen LogP contribution >= 0.6 is 11.8 Å². The number of carbonyl (C=O) groups excluding carboxylic acids is 1. The van der Waals surface area contributed by atoms with Crippen molar-refractivity contribution in [1.82, 2.24) is 4.90 Å². The van der Waals surface area contributed by atoms with Gasteiger partial charge < -0.3 is 9.47 Å².